The second kappa shape index (κ2) is 9.47. The van der Waals surface area contributed by atoms with Gasteiger partial charge in [-0.05, 0) is 60.8 Å². The van der Waals surface area contributed by atoms with Crippen molar-refractivity contribution in [1.29, 1.82) is 0 Å². The van der Waals surface area contributed by atoms with Crippen LogP contribution in [0.2, 0.25) is 0 Å². The number of aromatic nitrogens is 5. The summed E-state index contributed by atoms with van der Waals surface area (Å²) in [6.45, 7) is 3.65. The van der Waals surface area contributed by atoms with Gasteiger partial charge in [-0.15, -0.1) is 0 Å². The van der Waals surface area contributed by atoms with Gasteiger partial charge in [-0.3, -0.25) is 5.10 Å². The summed E-state index contributed by atoms with van der Waals surface area (Å²) in [6.07, 6.45) is 0. The maximum Gasteiger partial charge on any atom is 0.234 e. The molecule has 33 heavy (non-hydrogen) atoms. The highest BCUT2D eigenvalue weighted by molar-refractivity contribution is 7.99. The molecule has 1 aliphatic rings. The maximum absolute atomic E-state index is 9.51. The molecule has 5 rings (SSSR count). The average Bonchev–Trinajstić information content (AvgIpc) is 3.29. The van der Waals surface area contributed by atoms with Crippen molar-refractivity contribution in [3.63, 3.8) is 0 Å². The summed E-state index contributed by atoms with van der Waals surface area (Å²) in [5.41, 5.74) is 1.74. The van der Waals surface area contributed by atoms with Crippen LogP contribution in [0.15, 0.2) is 70.7 Å². The highest BCUT2D eigenvalue weighted by atomic mass is 32.2. The van der Waals surface area contributed by atoms with Crippen LogP contribution in [0.4, 0.5) is 17.7 Å². The standard InChI is InChI=1S/C23H24N8OS/c1-30-11-13-31(14-12-30)22-25-21(26-23(27-22)33-18-5-3-2-4-6-18)24-20-15-19(28-29-20)16-7-9-17(32)10-8-16/h2-10,15,32H,11-14H2,1H3,(H2,24,25,26,27,28,29). The van der Waals surface area contributed by atoms with Gasteiger partial charge in [0.25, 0.3) is 0 Å². The third-order valence-corrected chi connectivity index (χ3v) is 6.21. The van der Waals surface area contributed by atoms with E-state index in [9.17, 15) is 5.11 Å². The van der Waals surface area contributed by atoms with Gasteiger partial charge in [-0.25, -0.2) is 0 Å². The zero-order valence-corrected chi connectivity index (χ0v) is 19.0. The highest BCUT2D eigenvalue weighted by Gasteiger charge is 2.19. The normalized spacial score (nSPS) is 14.4. The largest absolute Gasteiger partial charge is 0.508 e. The van der Waals surface area contributed by atoms with Gasteiger partial charge < -0.3 is 20.2 Å². The third-order valence-electron chi connectivity index (χ3n) is 5.34. The summed E-state index contributed by atoms with van der Waals surface area (Å²) in [7, 11) is 2.12. The van der Waals surface area contributed by atoms with Crippen LogP contribution in [0.5, 0.6) is 5.75 Å². The number of piperazine rings is 1. The van der Waals surface area contributed by atoms with Gasteiger partial charge in [0.15, 0.2) is 11.0 Å². The molecule has 0 atom stereocenters. The van der Waals surface area contributed by atoms with Crippen molar-refractivity contribution < 1.29 is 5.11 Å². The number of aromatic hydroxyl groups is 1. The monoisotopic (exact) mass is 460 g/mol. The second-order valence-electron chi connectivity index (χ2n) is 7.79. The Bertz CT molecular complexity index is 1210. The molecule has 0 bridgehead atoms. The van der Waals surface area contributed by atoms with Gasteiger partial charge in [0.05, 0.1) is 5.69 Å². The molecule has 1 aliphatic heterocycles. The van der Waals surface area contributed by atoms with E-state index in [-0.39, 0.29) is 5.75 Å². The lowest BCUT2D eigenvalue weighted by Crippen LogP contribution is -2.45. The molecule has 0 aliphatic carbocycles. The second-order valence-corrected chi connectivity index (χ2v) is 8.83. The molecule has 3 heterocycles. The van der Waals surface area contributed by atoms with Crippen molar-refractivity contribution >= 4 is 29.5 Å². The van der Waals surface area contributed by atoms with Gasteiger partial charge in [0.2, 0.25) is 11.9 Å². The summed E-state index contributed by atoms with van der Waals surface area (Å²) in [5, 5.41) is 20.7. The number of rotatable bonds is 6. The first-order valence-electron chi connectivity index (χ1n) is 10.7. The fourth-order valence-corrected chi connectivity index (χ4v) is 4.24. The Labute approximate surface area is 195 Å². The van der Waals surface area contributed by atoms with E-state index in [0.29, 0.717) is 22.9 Å². The highest BCUT2D eigenvalue weighted by Crippen LogP contribution is 2.28. The van der Waals surface area contributed by atoms with Gasteiger partial charge >= 0.3 is 0 Å². The number of phenols is 1. The van der Waals surface area contributed by atoms with Crippen LogP contribution in [0.3, 0.4) is 0 Å². The predicted octanol–water partition coefficient (Wildman–Crippen LogP) is 3.61. The van der Waals surface area contributed by atoms with E-state index >= 15 is 0 Å². The minimum atomic E-state index is 0.224. The van der Waals surface area contributed by atoms with Crippen LogP contribution >= 0.6 is 11.8 Å². The van der Waals surface area contributed by atoms with Gasteiger partial charge in [0.1, 0.15) is 5.75 Å². The number of hydrogen-bond acceptors (Lipinski definition) is 9. The fourth-order valence-electron chi connectivity index (χ4n) is 3.48. The van der Waals surface area contributed by atoms with E-state index in [4.69, 9.17) is 4.98 Å². The first-order chi connectivity index (χ1) is 16.1. The summed E-state index contributed by atoms with van der Waals surface area (Å²) in [5.74, 6) is 1.93. The van der Waals surface area contributed by atoms with Crippen LogP contribution in [0, 0.1) is 0 Å². The quantitative estimate of drug-likeness (QED) is 0.398. The minimum absolute atomic E-state index is 0.224. The number of anilines is 3. The van der Waals surface area contributed by atoms with E-state index in [1.807, 2.05) is 48.5 Å². The molecule has 4 aromatic rings. The molecule has 0 saturated carbocycles. The Kier molecular flexibility index (Phi) is 6.09. The number of phenolic OH excluding ortho intramolecular Hbond substituents is 1. The number of hydrogen-bond donors (Lipinski definition) is 3. The van der Waals surface area contributed by atoms with Crippen LogP contribution in [0.25, 0.3) is 11.3 Å². The average molecular weight is 461 g/mol. The molecule has 1 fully saturated rings. The topological polar surface area (TPSA) is 106 Å². The summed E-state index contributed by atoms with van der Waals surface area (Å²) in [4.78, 5) is 19.6. The van der Waals surface area contributed by atoms with Crippen LogP contribution in [-0.4, -0.2) is 68.4 Å². The van der Waals surface area contributed by atoms with Crippen molar-refractivity contribution in [2.24, 2.45) is 0 Å². The van der Waals surface area contributed by atoms with Crippen molar-refractivity contribution in [2.75, 3.05) is 43.4 Å². The Morgan fingerprint density at radius 3 is 2.45 bits per heavy atom. The first-order valence-corrected chi connectivity index (χ1v) is 11.5. The molecule has 0 radical (unpaired) electrons. The van der Waals surface area contributed by atoms with Crippen LogP contribution in [-0.2, 0) is 0 Å². The van der Waals surface area contributed by atoms with E-state index in [2.05, 4.69) is 42.3 Å². The summed E-state index contributed by atoms with van der Waals surface area (Å²) < 4.78 is 0. The van der Waals surface area contributed by atoms with Gasteiger partial charge in [0, 0.05) is 37.1 Å². The number of likely N-dealkylation sites (N-methyl/N-ethyl adjacent to an activating group) is 1. The van der Waals surface area contributed by atoms with E-state index in [0.717, 1.165) is 42.3 Å². The number of nitrogens with zero attached hydrogens (tertiary/aromatic N) is 6. The third kappa shape index (κ3) is 5.24. The summed E-state index contributed by atoms with van der Waals surface area (Å²) in [6, 6.07) is 18.9. The smallest absolute Gasteiger partial charge is 0.234 e. The zero-order chi connectivity index (χ0) is 22.6. The van der Waals surface area contributed by atoms with Crippen molar-refractivity contribution in [3.8, 4) is 17.0 Å². The summed E-state index contributed by atoms with van der Waals surface area (Å²) >= 11 is 1.50. The maximum atomic E-state index is 9.51. The zero-order valence-electron chi connectivity index (χ0n) is 18.1. The van der Waals surface area contributed by atoms with E-state index in [1.165, 1.54) is 11.8 Å². The molecular formula is C23H24N8OS. The molecular weight excluding hydrogens is 436 g/mol. The molecule has 2 aromatic heterocycles. The fraction of sp³-hybridized carbons (Fsp3) is 0.217. The van der Waals surface area contributed by atoms with Crippen molar-refractivity contribution in [2.45, 2.75) is 10.1 Å². The van der Waals surface area contributed by atoms with Crippen molar-refractivity contribution in [1.82, 2.24) is 30.0 Å². The molecule has 0 amide bonds. The molecule has 9 nitrogen and oxygen atoms in total. The Morgan fingerprint density at radius 1 is 0.939 bits per heavy atom. The molecule has 0 unspecified atom stereocenters. The van der Waals surface area contributed by atoms with Crippen LogP contribution in [0.1, 0.15) is 0 Å². The number of H-pyrrole nitrogens is 1. The van der Waals surface area contributed by atoms with Gasteiger partial charge in [-0.2, -0.15) is 20.1 Å². The lowest BCUT2D eigenvalue weighted by Gasteiger charge is -2.32. The number of aromatic amines is 1. The lowest BCUT2D eigenvalue weighted by atomic mass is 10.1. The van der Waals surface area contributed by atoms with E-state index < -0.39 is 0 Å². The minimum Gasteiger partial charge on any atom is -0.508 e. The Morgan fingerprint density at radius 2 is 1.70 bits per heavy atom. The van der Waals surface area contributed by atoms with E-state index in [1.54, 1.807) is 12.1 Å². The molecule has 10 heteroatoms. The van der Waals surface area contributed by atoms with Crippen molar-refractivity contribution in [3.05, 3.63) is 60.7 Å². The molecule has 2 aromatic carbocycles. The van der Waals surface area contributed by atoms with Gasteiger partial charge in [-0.1, -0.05) is 18.2 Å². The molecule has 1 saturated heterocycles. The molecule has 168 valence electrons. The Hall–Kier alpha value is -3.63. The predicted molar refractivity (Wildman–Crippen MR) is 129 cm³/mol. The Balaban J connectivity index is 1.41. The molecule has 0 spiro atoms. The SMILES string of the molecule is CN1CCN(c2nc(Nc3cc(-c4ccc(O)cc4)[nH]n3)nc(Sc3ccccc3)n2)CC1. The first kappa shape index (κ1) is 21.2. The lowest BCUT2D eigenvalue weighted by molar-refractivity contribution is 0.311. The van der Waals surface area contributed by atoms with Crippen LogP contribution < -0.4 is 10.2 Å². The number of nitrogens with one attached hydrogen (secondary N) is 2. The molecule has 3 N–H and O–H groups in total. The number of benzene rings is 2.